The summed E-state index contributed by atoms with van der Waals surface area (Å²) < 4.78 is 15.2. The van der Waals surface area contributed by atoms with Gasteiger partial charge in [-0.15, -0.1) is 0 Å². The molecule has 27 heavy (non-hydrogen) atoms. The Labute approximate surface area is 158 Å². The maximum atomic E-state index is 13.4. The maximum absolute atomic E-state index is 13.4. The van der Waals surface area contributed by atoms with Gasteiger partial charge in [0.25, 0.3) is 0 Å². The van der Waals surface area contributed by atoms with Crippen LogP contribution in [0.4, 0.5) is 4.39 Å². The van der Waals surface area contributed by atoms with Crippen molar-refractivity contribution in [2.75, 3.05) is 0 Å². The molecule has 0 bridgehead atoms. The predicted octanol–water partition coefficient (Wildman–Crippen LogP) is 4.11. The molecule has 2 aromatic rings. The fraction of sp³-hybridized carbons (Fsp3) is 0.409. The van der Waals surface area contributed by atoms with Crippen molar-refractivity contribution in [1.29, 1.82) is 5.26 Å². The highest BCUT2D eigenvalue weighted by Gasteiger charge is 2.55. The van der Waals surface area contributed by atoms with Crippen LogP contribution in [-0.2, 0) is 23.7 Å². The smallest absolute Gasteiger partial charge is 0.178 e. The number of halogens is 1. The number of benzene rings is 1. The van der Waals surface area contributed by atoms with E-state index in [0.29, 0.717) is 0 Å². The van der Waals surface area contributed by atoms with Crippen molar-refractivity contribution in [1.82, 2.24) is 9.78 Å². The van der Waals surface area contributed by atoms with Crippen molar-refractivity contribution < 1.29 is 9.18 Å². The Hall–Kier alpha value is -2.74. The lowest BCUT2D eigenvalue weighted by Crippen LogP contribution is -2.51. The number of nitrogens with zero attached hydrogens (tertiary/aromatic N) is 3. The number of aromatic nitrogens is 2. The second-order valence-electron chi connectivity index (χ2n) is 8.40. The summed E-state index contributed by atoms with van der Waals surface area (Å²) in [5.74, 6) is -0.264. The van der Waals surface area contributed by atoms with Gasteiger partial charge in [0.2, 0.25) is 0 Å². The van der Waals surface area contributed by atoms with Crippen molar-refractivity contribution in [3.8, 4) is 17.3 Å². The average molecular weight is 363 g/mol. The first-order chi connectivity index (χ1) is 12.7. The van der Waals surface area contributed by atoms with Gasteiger partial charge in [-0.05, 0) is 43.0 Å². The van der Waals surface area contributed by atoms with Crippen LogP contribution in [0.3, 0.4) is 0 Å². The highest BCUT2D eigenvalue weighted by Crippen LogP contribution is 2.55. The molecule has 1 aromatic heterocycles. The molecule has 5 heteroatoms. The second-order valence-corrected chi connectivity index (χ2v) is 8.40. The normalized spacial score (nSPS) is 26.0. The van der Waals surface area contributed by atoms with Crippen molar-refractivity contribution in [3.63, 3.8) is 0 Å². The molecule has 1 unspecified atom stereocenters. The molecule has 1 aromatic carbocycles. The number of allylic oxidation sites excluding steroid dienone is 2. The highest BCUT2D eigenvalue weighted by atomic mass is 19.1. The quantitative estimate of drug-likeness (QED) is 0.766. The Bertz CT molecular complexity index is 1020. The summed E-state index contributed by atoms with van der Waals surface area (Å²) >= 11 is 0. The molecule has 2 aliphatic rings. The summed E-state index contributed by atoms with van der Waals surface area (Å²) in [4.78, 5) is 12.8. The van der Waals surface area contributed by atoms with Crippen LogP contribution in [0.15, 0.2) is 35.9 Å². The molecule has 0 aliphatic heterocycles. The fourth-order valence-corrected chi connectivity index (χ4v) is 5.19. The van der Waals surface area contributed by atoms with E-state index in [-0.39, 0.29) is 23.1 Å². The van der Waals surface area contributed by atoms with Gasteiger partial charge in [0.1, 0.15) is 11.9 Å². The molecule has 0 N–H and O–H groups in total. The Morgan fingerprint density at radius 1 is 1.26 bits per heavy atom. The topological polar surface area (TPSA) is 58.7 Å². The zero-order valence-corrected chi connectivity index (χ0v) is 16.0. The minimum Gasteiger partial charge on any atom is -0.293 e. The number of fused-ring (bicyclic) bond motifs is 3. The van der Waals surface area contributed by atoms with Gasteiger partial charge in [-0.1, -0.05) is 26.8 Å². The van der Waals surface area contributed by atoms with Crippen LogP contribution < -0.4 is 0 Å². The molecule has 0 amide bonds. The zero-order valence-electron chi connectivity index (χ0n) is 16.0. The molecule has 2 aliphatic carbocycles. The number of rotatable bonds is 1. The first-order valence-electron chi connectivity index (χ1n) is 9.20. The number of ketones is 1. The largest absolute Gasteiger partial charge is 0.293 e. The number of Topliss-reactive ketones (excluding diaryl/α,β-unsaturated/α-hetero) is 1. The summed E-state index contributed by atoms with van der Waals surface area (Å²) in [5.41, 5.74) is 3.08. The minimum atomic E-state index is -0.611. The van der Waals surface area contributed by atoms with Gasteiger partial charge in [0.15, 0.2) is 5.78 Å². The van der Waals surface area contributed by atoms with Crippen molar-refractivity contribution in [2.24, 2.45) is 18.4 Å². The number of hydrogen-bond donors (Lipinski definition) is 0. The van der Waals surface area contributed by atoms with Crippen LogP contribution in [0, 0.1) is 28.5 Å². The number of carbonyl (C=O) groups is 1. The van der Waals surface area contributed by atoms with E-state index in [1.165, 1.54) is 12.1 Å². The van der Waals surface area contributed by atoms with Crippen molar-refractivity contribution in [2.45, 2.75) is 39.0 Å². The monoisotopic (exact) mass is 363 g/mol. The molecule has 4 rings (SSSR count). The number of aryl methyl sites for hydroxylation is 1. The van der Waals surface area contributed by atoms with Crippen LogP contribution in [-0.4, -0.2) is 15.6 Å². The van der Waals surface area contributed by atoms with Crippen molar-refractivity contribution >= 4 is 5.78 Å². The van der Waals surface area contributed by atoms with Crippen LogP contribution in [0.2, 0.25) is 0 Å². The van der Waals surface area contributed by atoms with E-state index in [9.17, 15) is 14.4 Å². The maximum Gasteiger partial charge on any atom is 0.178 e. The summed E-state index contributed by atoms with van der Waals surface area (Å²) in [7, 11) is 1.89. The highest BCUT2D eigenvalue weighted by molar-refractivity contribution is 6.04. The first-order valence-corrected chi connectivity index (χ1v) is 9.20. The first kappa shape index (κ1) is 17.7. The molecule has 0 radical (unpaired) electrons. The van der Waals surface area contributed by atoms with E-state index in [1.54, 1.807) is 12.1 Å². The minimum absolute atomic E-state index is 0.0781. The van der Waals surface area contributed by atoms with Gasteiger partial charge >= 0.3 is 0 Å². The molecular weight excluding hydrogens is 341 g/mol. The van der Waals surface area contributed by atoms with E-state index in [1.807, 2.05) is 31.7 Å². The fourth-order valence-electron chi connectivity index (χ4n) is 5.19. The molecule has 4 nitrogen and oxygen atoms in total. The molecule has 0 saturated heterocycles. The number of carbonyl (C=O) groups excluding carboxylic acids is 1. The lowest BCUT2D eigenvalue weighted by molar-refractivity contribution is -0.128. The molecule has 138 valence electrons. The van der Waals surface area contributed by atoms with E-state index in [0.717, 1.165) is 35.4 Å². The van der Waals surface area contributed by atoms with E-state index in [2.05, 4.69) is 13.0 Å². The summed E-state index contributed by atoms with van der Waals surface area (Å²) in [6.45, 7) is 5.97. The average Bonchev–Trinajstić information content (AvgIpc) is 2.96. The third-order valence-electron chi connectivity index (χ3n) is 6.45. The third-order valence-corrected chi connectivity index (χ3v) is 6.45. The third kappa shape index (κ3) is 2.32. The predicted molar refractivity (Wildman–Crippen MR) is 100 cm³/mol. The van der Waals surface area contributed by atoms with Gasteiger partial charge < -0.3 is 0 Å². The van der Waals surface area contributed by atoms with Crippen LogP contribution in [0.1, 0.15) is 38.4 Å². The van der Waals surface area contributed by atoms with Gasteiger partial charge in [-0.25, -0.2) is 4.39 Å². The Morgan fingerprint density at radius 3 is 2.56 bits per heavy atom. The molecule has 2 atom stereocenters. The Balaban J connectivity index is 1.95. The van der Waals surface area contributed by atoms with Crippen molar-refractivity contribution in [3.05, 3.63) is 53.0 Å². The van der Waals surface area contributed by atoms with E-state index < -0.39 is 10.8 Å². The van der Waals surface area contributed by atoms with Gasteiger partial charge in [-0.3, -0.25) is 9.48 Å². The summed E-state index contributed by atoms with van der Waals surface area (Å²) in [6, 6.07) is 8.55. The molecule has 1 heterocycles. The summed E-state index contributed by atoms with van der Waals surface area (Å²) in [6.07, 6.45) is 3.48. The van der Waals surface area contributed by atoms with Crippen LogP contribution in [0.25, 0.3) is 11.3 Å². The Kier molecular flexibility index (Phi) is 3.68. The molecule has 0 fully saturated rings. The molecule has 0 saturated carbocycles. The standard InChI is InChI=1S/C22H22FN3O/c1-21(2)17-10-9-16-18(13-5-7-15(23)8-6-13)26(4)25-19(16)22(17,3)11-14(12-24)20(21)27/h5-8,11,17H,9-10H2,1-4H3/t17?,22-/m0/s1. The second kappa shape index (κ2) is 5.63. The van der Waals surface area contributed by atoms with Crippen LogP contribution in [0.5, 0.6) is 0 Å². The lowest BCUT2D eigenvalue weighted by atomic mass is 9.52. The molecular formula is C22H22FN3O. The Morgan fingerprint density at radius 2 is 1.93 bits per heavy atom. The van der Waals surface area contributed by atoms with E-state index in [4.69, 9.17) is 5.10 Å². The number of hydrogen-bond acceptors (Lipinski definition) is 3. The lowest BCUT2D eigenvalue weighted by Gasteiger charge is -2.49. The van der Waals surface area contributed by atoms with Gasteiger partial charge in [-0.2, -0.15) is 10.4 Å². The SMILES string of the molecule is Cn1nc2c(c1-c1ccc(F)cc1)CCC1C(C)(C)C(=O)C(C#N)=C[C@]21C. The van der Waals surface area contributed by atoms with Gasteiger partial charge in [0, 0.05) is 29.0 Å². The van der Waals surface area contributed by atoms with E-state index >= 15 is 0 Å². The zero-order chi connectivity index (χ0) is 19.6. The van der Waals surface area contributed by atoms with Gasteiger partial charge in [0.05, 0.1) is 17.0 Å². The molecule has 0 spiro atoms. The summed E-state index contributed by atoms with van der Waals surface area (Å²) in [5, 5.41) is 14.3. The number of nitriles is 1. The van der Waals surface area contributed by atoms with Crippen LogP contribution >= 0.6 is 0 Å².